The molecule has 0 saturated carbocycles. The van der Waals surface area contributed by atoms with Gasteiger partial charge in [0.25, 0.3) is 0 Å². The number of rotatable bonds is 0. The molecule has 1 aliphatic heterocycles. The third-order valence-corrected chi connectivity index (χ3v) is 0.827. The molecule has 0 aromatic carbocycles. The summed E-state index contributed by atoms with van der Waals surface area (Å²) in [4.78, 5) is 0. The first-order valence-electron chi connectivity index (χ1n) is 4.20. The molecule has 1 rings (SSSR count). The lowest BCUT2D eigenvalue weighted by Gasteiger charge is -1.76. The van der Waals surface area contributed by atoms with E-state index in [9.17, 15) is 0 Å². The number of ether oxygens (including phenoxy) is 1. The summed E-state index contributed by atoms with van der Waals surface area (Å²) in [5, 5.41) is 14.6. The minimum absolute atomic E-state index is 0.250. The minimum Gasteiger partial charge on any atom is -0.400 e. The molecule has 90 valence electrons. The fourth-order valence-corrected chi connectivity index (χ4v) is 0.510. The van der Waals surface area contributed by atoms with Crippen molar-refractivity contribution in [3.05, 3.63) is 0 Å². The lowest BCUT2D eigenvalue weighted by molar-refractivity contribution is 0.198. The monoisotopic (exact) mass is 268 g/mol. The second-order valence-corrected chi connectivity index (χ2v) is 3.86. The van der Waals surface area contributed by atoms with Crippen LogP contribution < -0.4 is 0 Å². The molecule has 0 spiro atoms. The van der Waals surface area contributed by atoms with Crippen LogP contribution in [-0.4, -0.2) is 41.4 Å². The Labute approximate surface area is 101 Å². The highest BCUT2D eigenvalue weighted by molar-refractivity contribution is 6.63. The first kappa shape index (κ1) is 20.2. The molecular formula is C8H19Cl3O3. The molecule has 0 aromatic rings. The summed E-state index contributed by atoms with van der Waals surface area (Å²) in [6, 6.07) is 0. The largest absolute Gasteiger partial charge is 0.400 e. The van der Waals surface area contributed by atoms with E-state index in [1.807, 2.05) is 0 Å². The molecule has 2 N–H and O–H groups in total. The molecule has 1 heterocycles. The highest BCUT2D eigenvalue weighted by Gasteiger charge is 1.94. The number of halogens is 3. The van der Waals surface area contributed by atoms with Crippen molar-refractivity contribution in [2.45, 2.75) is 24.1 Å². The molecule has 0 atom stereocenters. The van der Waals surface area contributed by atoms with Gasteiger partial charge in [-0.1, -0.05) is 34.8 Å². The van der Waals surface area contributed by atoms with Crippen LogP contribution in [-0.2, 0) is 4.74 Å². The van der Waals surface area contributed by atoms with Crippen LogP contribution in [0.15, 0.2) is 0 Å². The second-order valence-electron chi connectivity index (χ2n) is 1.88. The van der Waals surface area contributed by atoms with Crippen LogP contribution >= 0.6 is 34.8 Å². The van der Waals surface area contributed by atoms with Gasteiger partial charge in [0.1, 0.15) is 0 Å². The molecule has 3 nitrogen and oxygen atoms in total. The highest BCUT2D eigenvalue weighted by Crippen LogP contribution is 2.03. The zero-order chi connectivity index (χ0) is 11.8. The van der Waals surface area contributed by atoms with E-state index in [0.29, 0.717) is 0 Å². The minimum atomic E-state index is -0.750. The van der Waals surface area contributed by atoms with Crippen LogP contribution in [0.4, 0.5) is 0 Å². The Morgan fingerprint density at radius 2 is 1.36 bits per heavy atom. The fourth-order valence-electron chi connectivity index (χ4n) is 0.510. The highest BCUT2D eigenvalue weighted by atomic mass is 35.6. The van der Waals surface area contributed by atoms with Gasteiger partial charge >= 0.3 is 0 Å². The molecule has 0 amide bonds. The first-order chi connectivity index (χ1) is 6.65. The van der Waals surface area contributed by atoms with E-state index < -0.39 is 4.30 Å². The lowest BCUT2D eigenvalue weighted by atomic mass is 10.4. The van der Waals surface area contributed by atoms with Crippen LogP contribution in [0.3, 0.4) is 0 Å². The van der Waals surface area contributed by atoms with E-state index in [-0.39, 0.29) is 6.61 Å². The Morgan fingerprint density at radius 1 is 1.14 bits per heavy atom. The molecule has 0 unspecified atom stereocenters. The van der Waals surface area contributed by atoms with Crippen molar-refractivity contribution in [1.82, 2.24) is 0 Å². The Balaban J connectivity index is -0.000000123. The smallest absolute Gasteiger partial charge is 0.180 e. The van der Waals surface area contributed by atoms with Gasteiger partial charge in [0.2, 0.25) is 0 Å². The molecule has 1 aliphatic rings. The zero-order valence-corrected chi connectivity index (χ0v) is 10.8. The molecule has 0 bridgehead atoms. The molecule has 14 heavy (non-hydrogen) atoms. The summed E-state index contributed by atoms with van der Waals surface area (Å²) >= 11 is 14.4. The third kappa shape index (κ3) is 53.2. The van der Waals surface area contributed by atoms with Gasteiger partial charge < -0.3 is 14.9 Å². The third-order valence-electron chi connectivity index (χ3n) is 0.827. The number of aliphatic hydroxyl groups is 2. The fraction of sp³-hybridized carbons (Fsp3) is 1.00. The summed E-state index contributed by atoms with van der Waals surface area (Å²) in [7, 11) is 1.00. The van der Waals surface area contributed by atoms with Crippen molar-refractivity contribution in [3.8, 4) is 0 Å². The number of aliphatic hydroxyl groups excluding tert-OH is 2. The maximum atomic E-state index is 7.57. The average Bonchev–Trinajstić information content (AvgIpc) is 2.64. The van der Waals surface area contributed by atoms with Crippen LogP contribution in [0.5, 0.6) is 0 Å². The second kappa shape index (κ2) is 23.5. The summed E-state index contributed by atoms with van der Waals surface area (Å²) in [5.74, 6) is 0. The number of alkyl halides is 3. The van der Waals surface area contributed by atoms with Gasteiger partial charge in [-0.05, 0) is 19.8 Å². The Morgan fingerprint density at radius 3 is 1.43 bits per heavy atom. The van der Waals surface area contributed by atoms with Crippen molar-refractivity contribution < 1.29 is 14.9 Å². The molecule has 1 saturated heterocycles. The molecular weight excluding hydrogens is 250 g/mol. The van der Waals surface area contributed by atoms with Crippen LogP contribution in [0.25, 0.3) is 0 Å². The van der Waals surface area contributed by atoms with Gasteiger partial charge in [-0.2, -0.15) is 0 Å². The van der Waals surface area contributed by atoms with Gasteiger partial charge in [-0.25, -0.2) is 0 Å². The van der Waals surface area contributed by atoms with Crippen molar-refractivity contribution in [2.24, 2.45) is 0 Å². The van der Waals surface area contributed by atoms with Crippen molar-refractivity contribution in [1.29, 1.82) is 0 Å². The van der Waals surface area contributed by atoms with E-state index in [0.717, 1.165) is 20.3 Å². The summed E-state index contributed by atoms with van der Waals surface area (Å²) in [6.45, 7) is 3.93. The summed E-state index contributed by atoms with van der Waals surface area (Å²) < 4.78 is 4.19. The van der Waals surface area contributed by atoms with Crippen molar-refractivity contribution in [2.75, 3.05) is 26.9 Å². The summed E-state index contributed by atoms with van der Waals surface area (Å²) in [5.41, 5.74) is 0. The van der Waals surface area contributed by atoms with Crippen LogP contribution in [0.2, 0.25) is 0 Å². The predicted molar refractivity (Wildman–Crippen MR) is 62.3 cm³/mol. The zero-order valence-electron chi connectivity index (χ0n) is 8.55. The van der Waals surface area contributed by atoms with E-state index >= 15 is 0 Å². The number of hydrogen-bond donors (Lipinski definition) is 2. The van der Waals surface area contributed by atoms with Gasteiger partial charge in [-0.3, -0.25) is 0 Å². The topological polar surface area (TPSA) is 49.7 Å². The first-order valence-corrected chi connectivity index (χ1v) is 5.51. The van der Waals surface area contributed by atoms with Crippen LogP contribution in [0.1, 0.15) is 19.8 Å². The number of hydrogen-bond acceptors (Lipinski definition) is 3. The molecule has 0 radical (unpaired) electrons. The maximum Gasteiger partial charge on any atom is 0.180 e. The van der Waals surface area contributed by atoms with Gasteiger partial charge in [-0.15, -0.1) is 0 Å². The van der Waals surface area contributed by atoms with Crippen LogP contribution in [0, 0.1) is 0 Å². The maximum absolute atomic E-state index is 7.57. The quantitative estimate of drug-likeness (QED) is 0.664. The van der Waals surface area contributed by atoms with E-state index in [4.69, 9.17) is 49.8 Å². The van der Waals surface area contributed by atoms with Crippen molar-refractivity contribution >= 4 is 34.8 Å². The van der Waals surface area contributed by atoms with E-state index in [2.05, 4.69) is 0 Å². The molecule has 1 fully saturated rings. The Hall–Kier alpha value is 0.750. The summed E-state index contributed by atoms with van der Waals surface area (Å²) in [6.07, 6.45) is 2.56. The Bertz CT molecular complexity index is 60.5. The van der Waals surface area contributed by atoms with Gasteiger partial charge in [0.05, 0.1) is 0 Å². The Kier molecular flexibility index (Phi) is 33.9. The van der Waals surface area contributed by atoms with Crippen molar-refractivity contribution in [3.63, 3.8) is 0 Å². The van der Waals surface area contributed by atoms with E-state index in [1.165, 1.54) is 12.8 Å². The lowest BCUT2D eigenvalue weighted by Crippen LogP contribution is -1.74. The molecule has 0 aliphatic carbocycles. The predicted octanol–water partition coefficient (Wildman–Crippen LogP) is 2.39. The standard InChI is InChI=1S/C4H8O.C2H6O.CHCl3.CH4O/c1-2-4-5-3-1;1-2-3;2-1(3)4;1-2/h1-4H2;3H,2H2,1H3;1H;2H,1H3. The van der Waals surface area contributed by atoms with E-state index in [1.54, 1.807) is 6.92 Å². The SMILES string of the molecule is C1CCOC1.CCO.CO.ClC(Cl)Cl. The molecule has 6 heteroatoms. The normalized spacial score (nSPS) is 12.9. The van der Waals surface area contributed by atoms with Gasteiger partial charge in [0, 0.05) is 26.9 Å². The average molecular weight is 270 g/mol. The molecule has 0 aromatic heterocycles. The van der Waals surface area contributed by atoms with Gasteiger partial charge in [0.15, 0.2) is 4.30 Å².